The van der Waals surface area contributed by atoms with E-state index in [2.05, 4.69) is 0 Å². The lowest BCUT2D eigenvalue weighted by atomic mass is 10.3. The second kappa shape index (κ2) is 3.81. The molecule has 0 bridgehead atoms. The highest BCUT2D eigenvalue weighted by Crippen LogP contribution is 2.23. The fraction of sp³-hybridized carbons (Fsp3) is 0.333. The van der Waals surface area contributed by atoms with E-state index in [0.717, 1.165) is 16.1 Å². The van der Waals surface area contributed by atoms with Crippen molar-refractivity contribution < 1.29 is 5.11 Å². The van der Waals surface area contributed by atoms with Crippen LogP contribution in [0.4, 0.5) is 5.69 Å². The molecule has 58 valence electrons. The molecule has 1 heterocycles. The highest BCUT2D eigenvalue weighted by molar-refractivity contribution is 7.10. The topological polar surface area (TPSA) is 46.2 Å². The molecule has 10 heavy (non-hydrogen) atoms. The summed E-state index contributed by atoms with van der Waals surface area (Å²) in [6.45, 7) is 2.00. The van der Waals surface area contributed by atoms with Gasteiger partial charge in [0.2, 0.25) is 0 Å². The van der Waals surface area contributed by atoms with Crippen LogP contribution in [0.2, 0.25) is 0 Å². The molecule has 0 amide bonds. The number of nitrogen functional groups attached to an aromatic ring is 1. The van der Waals surface area contributed by atoms with E-state index in [-0.39, 0.29) is 19.0 Å². The molecule has 0 fully saturated rings. The molecule has 0 saturated heterocycles. The zero-order chi connectivity index (χ0) is 6.85. The molecule has 1 aromatic rings. The molecular weight excluding hydrogens is 170 g/mol. The van der Waals surface area contributed by atoms with Crippen molar-refractivity contribution in [1.29, 1.82) is 0 Å². The standard InChI is InChI=1S/C6H9NOS.ClH/c1-4-6(7)5(2-8)3-9-4;/h3,8H,2,7H2,1H3;1H. The van der Waals surface area contributed by atoms with Gasteiger partial charge in [-0.15, -0.1) is 23.7 Å². The maximum atomic E-state index is 8.66. The van der Waals surface area contributed by atoms with E-state index in [4.69, 9.17) is 10.8 Å². The Morgan fingerprint density at radius 3 is 2.50 bits per heavy atom. The van der Waals surface area contributed by atoms with Crippen LogP contribution < -0.4 is 5.73 Å². The number of aliphatic hydroxyl groups is 1. The summed E-state index contributed by atoms with van der Waals surface area (Å²) in [6.07, 6.45) is 0. The van der Waals surface area contributed by atoms with Gasteiger partial charge in [-0.25, -0.2) is 0 Å². The van der Waals surface area contributed by atoms with Crippen LogP contribution >= 0.6 is 23.7 Å². The lowest BCUT2D eigenvalue weighted by Gasteiger charge is -1.91. The highest BCUT2D eigenvalue weighted by atomic mass is 35.5. The average molecular weight is 180 g/mol. The van der Waals surface area contributed by atoms with Crippen LogP contribution in [0.1, 0.15) is 10.4 Å². The molecule has 0 unspecified atom stereocenters. The summed E-state index contributed by atoms with van der Waals surface area (Å²) in [5, 5.41) is 10.5. The number of halogens is 1. The Balaban J connectivity index is 0.000000810. The number of hydrogen-bond donors (Lipinski definition) is 2. The smallest absolute Gasteiger partial charge is 0.0710 e. The van der Waals surface area contributed by atoms with Crippen LogP contribution in [0, 0.1) is 6.92 Å². The summed E-state index contributed by atoms with van der Waals surface area (Å²) in [7, 11) is 0. The van der Waals surface area contributed by atoms with Gasteiger partial charge in [0.25, 0.3) is 0 Å². The molecule has 0 radical (unpaired) electrons. The Kier molecular flexibility index (Phi) is 3.71. The van der Waals surface area contributed by atoms with Crippen LogP contribution in [0.15, 0.2) is 5.38 Å². The number of rotatable bonds is 1. The molecule has 1 rings (SSSR count). The molecule has 0 aliphatic heterocycles. The first-order valence-electron chi connectivity index (χ1n) is 2.69. The Morgan fingerprint density at radius 2 is 2.30 bits per heavy atom. The van der Waals surface area contributed by atoms with Gasteiger partial charge in [-0.3, -0.25) is 0 Å². The van der Waals surface area contributed by atoms with Gasteiger partial charge >= 0.3 is 0 Å². The van der Waals surface area contributed by atoms with Crippen molar-refractivity contribution in [2.75, 3.05) is 5.73 Å². The second-order valence-corrected chi connectivity index (χ2v) is 2.97. The maximum Gasteiger partial charge on any atom is 0.0710 e. The number of aliphatic hydroxyl groups excluding tert-OH is 1. The van der Waals surface area contributed by atoms with Crippen molar-refractivity contribution in [2.45, 2.75) is 13.5 Å². The fourth-order valence-corrected chi connectivity index (χ4v) is 1.41. The van der Waals surface area contributed by atoms with Crippen molar-refractivity contribution >= 4 is 29.4 Å². The number of aryl methyl sites for hydroxylation is 1. The zero-order valence-corrected chi connectivity index (χ0v) is 7.26. The summed E-state index contributed by atoms with van der Waals surface area (Å²) in [6, 6.07) is 0. The Bertz CT molecular complexity index is 212. The molecule has 3 N–H and O–H groups in total. The molecule has 0 aliphatic carbocycles. The lowest BCUT2D eigenvalue weighted by Crippen LogP contribution is -1.89. The van der Waals surface area contributed by atoms with Crippen LogP contribution in [-0.2, 0) is 6.61 Å². The third-order valence-electron chi connectivity index (χ3n) is 1.27. The second-order valence-electron chi connectivity index (χ2n) is 1.89. The summed E-state index contributed by atoms with van der Waals surface area (Å²) in [5.74, 6) is 0. The van der Waals surface area contributed by atoms with Crippen molar-refractivity contribution in [3.8, 4) is 0 Å². The molecule has 2 nitrogen and oxygen atoms in total. The molecular formula is C6H10ClNOS. The van der Waals surface area contributed by atoms with Gasteiger partial charge < -0.3 is 10.8 Å². The van der Waals surface area contributed by atoms with Gasteiger partial charge in [-0.1, -0.05) is 0 Å². The molecule has 0 aromatic carbocycles. The Hall–Kier alpha value is -0.250. The van der Waals surface area contributed by atoms with E-state index in [0.29, 0.717) is 0 Å². The van der Waals surface area contributed by atoms with Crippen LogP contribution in [-0.4, -0.2) is 5.11 Å². The minimum absolute atomic E-state index is 0. The predicted molar refractivity (Wildman–Crippen MR) is 46.6 cm³/mol. The first-order chi connectivity index (χ1) is 4.25. The third kappa shape index (κ3) is 1.62. The SMILES string of the molecule is Cc1scc(CO)c1N.Cl. The molecule has 0 saturated carbocycles. The minimum atomic E-state index is 0. The first kappa shape index (κ1) is 9.75. The summed E-state index contributed by atoms with van der Waals surface area (Å²) in [4.78, 5) is 1.08. The van der Waals surface area contributed by atoms with Crippen molar-refractivity contribution in [2.24, 2.45) is 0 Å². The third-order valence-corrected chi connectivity index (χ3v) is 2.25. The van der Waals surface area contributed by atoms with Crippen molar-refractivity contribution in [3.05, 3.63) is 15.8 Å². The van der Waals surface area contributed by atoms with E-state index in [1.165, 1.54) is 0 Å². The minimum Gasteiger partial charge on any atom is -0.398 e. The maximum absolute atomic E-state index is 8.66. The van der Waals surface area contributed by atoms with Crippen LogP contribution in [0.5, 0.6) is 0 Å². The Morgan fingerprint density at radius 1 is 1.70 bits per heavy atom. The van der Waals surface area contributed by atoms with E-state index in [1.54, 1.807) is 11.3 Å². The fourth-order valence-electron chi connectivity index (χ4n) is 0.635. The van der Waals surface area contributed by atoms with Crippen LogP contribution in [0.25, 0.3) is 0 Å². The van der Waals surface area contributed by atoms with Crippen LogP contribution in [0.3, 0.4) is 0 Å². The van der Waals surface area contributed by atoms with Gasteiger partial charge in [0.05, 0.1) is 12.3 Å². The quantitative estimate of drug-likeness (QED) is 0.687. The first-order valence-corrected chi connectivity index (χ1v) is 3.57. The predicted octanol–water partition coefficient (Wildman–Crippen LogP) is 1.55. The number of hydrogen-bond acceptors (Lipinski definition) is 3. The van der Waals surface area contributed by atoms with Gasteiger partial charge in [0.1, 0.15) is 0 Å². The zero-order valence-electron chi connectivity index (χ0n) is 5.63. The van der Waals surface area contributed by atoms with Crippen molar-refractivity contribution in [1.82, 2.24) is 0 Å². The molecule has 0 atom stereocenters. The molecule has 4 heteroatoms. The van der Waals surface area contributed by atoms with E-state index >= 15 is 0 Å². The van der Waals surface area contributed by atoms with Gasteiger partial charge in [-0.2, -0.15) is 0 Å². The number of nitrogens with two attached hydrogens (primary N) is 1. The van der Waals surface area contributed by atoms with E-state index in [1.807, 2.05) is 12.3 Å². The normalized spacial score (nSPS) is 9.00. The lowest BCUT2D eigenvalue weighted by molar-refractivity contribution is 0.283. The summed E-state index contributed by atoms with van der Waals surface area (Å²) >= 11 is 1.57. The van der Waals surface area contributed by atoms with E-state index < -0.39 is 0 Å². The Labute approximate surface area is 70.1 Å². The summed E-state index contributed by atoms with van der Waals surface area (Å²) < 4.78 is 0. The van der Waals surface area contributed by atoms with Crippen molar-refractivity contribution in [3.63, 3.8) is 0 Å². The molecule has 1 aromatic heterocycles. The van der Waals surface area contributed by atoms with Gasteiger partial charge in [0, 0.05) is 10.4 Å². The van der Waals surface area contributed by atoms with Gasteiger partial charge in [-0.05, 0) is 12.3 Å². The van der Waals surface area contributed by atoms with Gasteiger partial charge in [0.15, 0.2) is 0 Å². The number of anilines is 1. The largest absolute Gasteiger partial charge is 0.398 e. The summed E-state index contributed by atoms with van der Waals surface area (Å²) in [5.41, 5.74) is 7.15. The highest BCUT2D eigenvalue weighted by Gasteiger charge is 2.01. The monoisotopic (exact) mass is 179 g/mol. The molecule has 0 spiro atoms. The van der Waals surface area contributed by atoms with E-state index in [9.17, 15) is 0 Å². The average Bonchev–Trinajstić information content (AvgIpc) is 2.15. The number of thiophene rings is 1. The molecule has 0 aliphatic rings.